The summed E-state index contributed by atoms with van der Waals surface area (Å²) in [6.07, 6.45) is 4.53. The number of aryl methyl sites for hydroxylation is 2. The molecule has 0 saturated heterocycles. The molecule has 0 bridgehead atoms. The molecule has 0 saturated carbocycles. The topological polar surface area (TPSA) is 61.2 Å². The summed E-state index contributed by atoms with van der Waals surface area (Å²) in [7, 11) is 0. The molecule has 2 rings (SSSR count). The summed E-state index contributed by atoms with van der Waals surface area (Å²) in [5.74, 6) is -0.138. The highest BCUT2D eigenvalue weighted by atomic mass is 35.5. The highest BCUT2D eigenvalue weighted by Crippen LogP contribution is 2.26. The Morgan fingerprint density at radius 2 is 1.85 bits per heavy atom. The van der Waals surface area contributed by atoms with Crippen molar-refractivity contribution in [3.63, 3.8) is 0 Å². The summed E-state index contributed by atoms with van der Waals surface area (Å²) in [6, 6.07) is 4.00. The maximum atomic E-state index is 12.5. The van der Waals surface area contributed by atoms with Crippen molar-refractivity contribution in [2.45, 2.75) is 53.9 Å². The Morgan fingerprint density at radius 1 is 1.22 bits per heavy atom. The zero-order chi connectivity index (χ0) is 20.2. The third-order valence-corrected chi connectivity index (χ3v) is 4.92. The minimum atomic E-state index is -0.654. The Bertz CT molecular complexity index is 817. The van der Waals surface area contributed by atoms with Crippen LogP contribution in [0.25, 0.3) is 5.69 Å². The lowest BCUT2D eigenvalue weighted by Gasteiger charge is -2.21. The summed E-state index contributed by atoms with van der Waals surface area (Å²) in [5.41, 5.74) is 3.36. The first kappa shape index (κ1) is 21.2. The molecule has 0 fully saturated rings. The molecule has 2 aromatic rings. The lowest BCUT2D eigenvalue weighted by Crippen LogP contribution is -2.27. The van der Waals surface area contributed by atoms with Gasteiger partial charge < -0.3 is 4.74 Å². The van der Waals surface area contributed by atoms with E-state index >= 15 is 0 Å². The summed E-state index contributed by atoms with van der Waals surface area (Å²) in [5, 5.41) is 4.80. The van der Waals surface area contributed by atoms with E-state index in [0.717, 1.165) is 22.4 Å². The van der Waals surface area contributed by atoms with E-state index in [2.05, 4.69) is 5.10 Å². The molecule has 1 aromatic heterocycles. The van der Waals surface area contributed by atoms with Crippen molar-refractivity contribution in [1.29, 1.82) is 0 Å². The molecular formula is C21H27ClN2O3. The van der Waals surface area contributed by atoms with E-state index < -0.39 is 5.41 Å². The molecule has 0 aliphatic heterocycles. The smallest absolute Gasteiger partial charge is 0.311 e. The highest BCUT2D eigenvalue weighted by Gasteiger charge is 2.29. The number of hydrogen-bond donors (Lipinski definition) is 0. The standard InChI is InChI=1S/C21H27ClN2O3/c1-6-27-20(26)21(4,5)8-7-18(25)11-19-14(2)9-17(10-15(19)3)24-13-16(22)12-23-24/h9-10,12-13H,6-8,11H2,1-5H3. The summed E-state index contributed by atoms with van der Waals surface area (Å²) in [6.45, 7) is 9.76. The molecule has 0 aliphatic carbocycles. The average Bonchev–Trinajstić information content (AvgIpc) is 3.03. The predicted molar refractivity (Wildman–Crippen MR) is 106 cm³/mol. The molecule has 0 aliphatic rings. The molecule has 0 unspecified atom stereocenters. The second kappa shape index (κ2) is 8.70. The zero-order valence-electron chi connectivity index (χ0n) is 16.6. The Labute approximate surface area is 165 Å². The molecule has 0 spiro atoms. The number of aromatic nitrogens is 2. The minimum absolute atomic E-state index is 0.119. The van der Waals surface area contributed by atoms with Crippen LogP contribution in [-0.4, -0.2) is 28.1 Å². The number of halogens is 1. The van der Waals surface area contributed by atoms with E-state index in [4.69, 9.17) is 16.3 Å². The van der Waals surface area contributed by atoms with Crippen LogP contribution in [0, 0.1) is 19.3 Å². The predicted octanol–water partition coefficient (Wildman–Crippen LogP) is 4.62. The van der Waals surface area contributed by atoms with Gasteiger partial charge in [0.25, 0.3) is 0 Å². The number of carbonyl (C=O) groups excluding carboxylic acids is 2. The Kier molecular flexibility index (Phi) is 6.82. The number of carbonyl (C=O) groups is 2. The molecule has 1 heterocycles. The lowest BCUT2D eigenvalue weighted by molar-refractivity contribution is -0.153. The number of ether oxygens (including phenoxy) is 1. The lowest BCUT2D eigenvalue weighted by atomic mass is 9.86. The van der Waals surface area contributed by atoms with Crippen LogP contribution in [0.2, 0.25) is 5.02 Å². The van der Waals surface area contributed by atoms with Gasteiger partial charge >= 0.3 is 5.97 Å². The van der Waals surface area contributed by atoms with Crippen LogP contribution < -0.4 is 0 Å². The van der Waals surface area contributed by atoms with Crippen LogP contribution in [0.1, 0.15) is 50.3 Å². The van der Waals surface area contributed by atoms with Crippen molar-refractivity contribution in [2.75, 3.05) is 6.61 Å². The number of esters is 1. The maximum Gasteiger partial charge on any atom is 0.311 e. The fourth-order valence-corrected chi connectivity index (χ4v) is 3.13. The van der Waals surface area contributed by atoms with Gasteiger partial charge in [-0.25, -0.2) is 4.68 Å². The third-order valence-electron chi connectivity index (χ3n) is 4.73. The number of rotatable bonds is 8. The van der Waals surface area contributed by atoms with E-state index in [9.17, 15) is 9.59 Å². The van der Waals surface area contributed by atoms with E-state index in [1.54, 1.807) is 24.0 Å². The maximum absolute atomic E-state index is 12.5. The molecule has 6 heteroatoms. The Balaban J connectivity index is 2.06. The summed E-state index contributed by atoms with van der Waals surface area (Å²) in [4.78, 5) is 24.5. The first-order valence-electron chi connectivity index (χ1n) is 9.13. The first-order chi connectivity index (χ1) is 12.6. The van der Waals surface area contributed by atoms with Gasteiger partial charge in [0.1, 0.15) is 5.78 Å². The molecule has 27 heavy (non-hydrogen) atoms. The van der Waals surface area contributed by atoms with E-state index in [1.807, 2.05) is 39.8 Å². The number of hydrogen-bond acceptors (Lipinski definition) is 4. The number of benzene rings is 1. The summed E-state index contributed by atoms with van der Waals surface area (Å²) < 4.78 is 6.80. The molecule has 0 amide bonds. The van der Waals surface area contributed by atoms with E-state index in [0.29, 0.717) is 30.9 Å². The highest BCUT2D eigenvalue weighted by molar-refractivity contribution is 6.30. The van der Waals surface area contributed by atoms with Crippen LogP contribution >= 0.6 is 11.6 Å². The van der Waals surface area contributed by atoms with Gasteiger partial charge in [0.15, 0.2) is 0 Å². The number of nitrogens with zero attached hydrogens (tertiary/aromatic N) is 2. The molecule has 146 valence electrons. The van der Waals surface area contributed by atoms with Crippen LogP contribution in [-0.2, 0) is 20.7 Å². The number of Topliss-reactive ketones (excluding diaryl/α,β-unsaturated/α-hetero) is 1. The first-order valence-corrected chi connectivity index (χ1v) is 9.51. The quantitative estimate of drug-likeness (QED) is 0.617. The molecule has 0 atom stereocenters. The van der Waals surface area contributed by atoms with Gasteiger partial charge in [0, 0.05) is 19.0 Å². The van der Waals surface area contributed by atoms with Gasteiger partial charge in [-0.05, 0) is 69.9 Å². The molecule has 5 nitrogen and oxygen atoms in total. The van der Waals surface area contributed by atoms with Crippen molar-refractivity contribution in [1.82, 2.24) is 9.78 Å². The average molecular weight is 391 g/mol. The Hall–Kier alpha value is -2.14. The van der Waals surface area contributed by atoms with Gasteiger partial charge in [-0.1, -0.05) is 11.6 Å². The SMILES string of the molecule is CCOC(=O)C(C)(C)CCC(=O)Cc1c(C)cc(-n2cc(Cl)cn2)cc1C. The molecular weight excluding hydrogens is 364 g/mol. The van der Waals surface area contributed by atoms with E-state index in [-0.39, 0.29) is 11.8 Å². The van der Waals surface area contributed by atoms with Crippen LogP contribution in [0.4, 0.5) is 0 Å². The van der Waals surface area contributed by atoms with Crippen molar-refractivity contribution < 1.29 is 14.3 Å². The second-order valence-corrected chi connectivity index (χ2v) is 7.92. The minimum Gasteiger partial charge on any atom is -0.466 e. The molecule has 0 N–H and O–H groups in total. The van der Waals surface area contributed by atoms with Crippen molar-refractivity contribution in [3.8, 4) is 5.69 Å². The van der Waals surface area contributed by atoms with Crippen molar-refractivity contribution >= 4 is 23.4 Å². The fourth-order valence-electron chi connectivity index (χ4n) is 2.99. The molecule has 1 aromatic carbocycles. The van der Waals surface area contributed by atoms with Crippen molar-refractivity contribution in [2.24, 2.45) is 5.41 Å². The van der Waals surface area contributed by atoms with Gasteiger partial charge in [0.05, 0.1) is 28.9 Å². The van der Waals surface area contributed by atoms with Crippen LogP contribution in [0.3, 0.4) is 0 Å². The van der Waals surface area contributed by atoms with Gasteiger partial charge in [-0.3, -0.25) is 9.59 Å². The van der Waals surface area contributed by atoms with Gasteiger partial charge in [0.2, 0.25) is 0 Å². The monoisotopic (exact) mass is 390 g/mol. The summed E-state index contributed by atoms with van der Waals surface area (Å²) >= 11 is 5.94. The largest absolute Gasteiger partial charge is 0.466 e. The Morgan fingerprint density at radius 3 is 2.37 bits per heavy atom. The van der Waals surface area contributed by atoms with Crippen molar-refractivity contribution in [3.05, 3.63) is 46.2 Å². The number of ketones is 1. The molecule has 0 radical (unpaired) electrons. The van der Waals surface area contributed by atoms with Gasteiger partial charge in [-0.15, -0.1) is 0 Å². The van der Waals surface area contributed by atoms with Crippen LogP contribution in [0.5, 0.6) is 0 Å². The zero-order valence-corrected chi connectivity index (χ0v) is 17.4. The van der Waals surface area contributed by atoms with E-state index in [1.165, 1.54) is 0 Å². The fraction of sp³-hybridized carbons (Fsp3) is 0.476. The third kappa shape index (κ3) is 5.42. The second-order valence-electron chi connectivity index (χ2n) is 7.48. The van der Waals surface area contributed by atoms with Crippen LogP contribution in [0.15, 0.2) is 24.5 Å². The van der Waals surface area contributed by atoms with Gasteiger partial charge in [-0.2, -0.15) is 5.10 Å². The normalized spacial score (nSPS) is 11.5.